The van der Waals surface area contributed by atoms with Crippen molar-refractivity contribution in [1.29, 1.82) is 0 Å². The number of ether oxygens (including phenoxy) is 1. The lowest BCUT2D eigenvalue weighted by Crippen LogP contribution is -1.99. The predicted molar refractivity (Wildman–Crippen MR) is 67.1 cm³/mol. The summed E-state index contributed by atoms with van der Waals surface area (Å²) in [4.78, 5) is 11.1. The van der Waals surface area contributed by atoms with Gasteiger partial charge < -0.3 is 4.74 Å². The summed E-state index contributed by atoms with van der Waals surface area (Å²) in [6.07, 6.45) is 3.58. The van der Waals surface area contributed by atoms with Gasteiger partial charge in [-0.3, -0.25) is 0 Å². The second-order valence-corrected chi connectivity index (χ2v) is 3.47. The number of benzene rings is 1. The van der Waals surface area contributed by atoms with Crippen molar-refractivity contribution in [1.82, 2.24) is 9.78 Å². The monoisotopic (exact) mass is 240 g/mol. The first-order valence-corrected chi connectivity index (χ1v) is 5.58. The van der Waals surface area contributed by atoms with Crippen LogP contribution in [0.15, 0.2) is 42.7 Å². The summed E-state index contributed by atoms with van der Waals surface area (Å²) in [7, 11) is 0. The van der Waals surface area contributed by atoms with Gasteiger partial charge in [-0.1, -0.05) is 5.92 Å². The van der Waals surface area contributed by atoms with Gasteiger partial charge in [0, 0.05) is 23.9 Å². The molecule has 18 heavy (non-hydrogen) atoms. The highest BCUT2D eigenvalue weighted by Crippen LogP contribution is 2.07. The average Bonchev–Trinajstić information content (AvgIpc) is 2.91. The number of hydrogen-bond acceptors (Lipinski definition) is 3. The Morgan fingerprint density at radius 2 is 2.17 bits per heavy atom. The third-order valence-corrected chi connectivity index (χ3v) is 2.22. The van der Waals surface area contributed by atoms with Gasteiger partial charge >= 0.3 is 5.97 Å². The number of rotatable bonds is 2. The summed E-state index contributed by atoms with van der Waals surface area (Å²) < 4.78 is 6.47. The summed E-state index contributed by atoms with van der Waals surface area (Å²) in [5.74, 6) is 4.66. The molecule has 0 amide bonds. The Kier molecular flexibility index (Phi) is 3.77. The molecule has 1 heterocycles. The zero-order chi connectivity index (χ0) is 12.8. The van der Waals surface area contributed by atoms with Crippen molar-refractivity contribution in [2.24, 2.45) is 0 Å². The van der Waals surface area contributed by atoms with E-state index in [0.29, 0.717) is 6.61 Å². The topological polar surface area (TPSA) is 44.1 Å². The highest BCUT2D eigenvalue weighted by atomic mass is 16.5. The maximum absolute atomic E-state index is 11.1. The summed E-state index contributed by atoms with van der Waals surface area (Å²) in [6, 6.07) is 9.31. The van der Waals surface area contributed by atoms with Gasteiger partial charge in [-0.15, -0.1) is 0 Å². The normalized spacial score (nSPS) is 9.39. The van der Waals surface area contributed by atoms with Crippen molar-refractivity contribution in [3.63, 3.8) is 0 Å². The second-order valence-electron chi connectivity index (χ2n) is 3.47. The molecule has 4 nitrogen and oxygen atoms in total. The lowest BCUT2D eigenvalue weighted by Gasteiger charge is -2.00. The summed E-state index contributed by atoms with van der Waals surface area (Å²) in [5, 5.41) is 4.12. The van der Waals surface area contributed by atoms with Crippen molar-refractivity contribution in [3.05, 3.63) is 48.3 Å². The smallest absolute Gasteiger partial charge is 0.384 e. The summed E-state index contributed by atoms with van der Waals surface area (Å²) in [5.41, 5.74) is 1.71. The zero-order valence-electron chi connectivity index (χ0n) is 9.96. The van der Waals surface area contributed by atoms with Crippen LogP contribution < -0.4 is 0 Å². The molecular weight excluding hydrogens is 228 g/mol. The molecule has 0 N–H and O–H groups in total. The summed E-state index contributed by atoms with van der Waals surface area (Å²) >= 11 is 0. The van der Waals surface area contributed by atoms with E-state index in [9.17, 15) is 4.79 Å². The van der Waals surface area contributed by atoms with Gasteiger partial charge in [-0.2, -0.15) is 5.10 Å². The van der Waals surface area contributed by atoms with E-state index in [4.69, 9.17) is 4.74 Å². The number of aromatic nitrogens is 2. The fourth-order valence-corrected chi connectivity index (χ4v) is 1.41. The lowest BCUT2D eigenvalue weighted by atomic mass is 10.2. The molecule has 1 aromatic heterocycles. The van der Waals surface area contributed by atoms with Crippen LogP contribution in [-0.4, -0.2) is 22.4 Å². The van der Waals surface area contributed by atoms with Crippen LogP contribution >= 0.6 is 0 Å². The van der Waals surface area contributed by atoms with E-state index >= 15 is 0 Å². The molecule has 0 atom stereocenters. The molecule has 0 aliphatic heterocycles. The zero-order valence-corrected chi connectivity index (χ0v) is 9.96. The highest BCUT2D eigenvalue weighted by molar-refractivity contribution is 5.89. The first-order valence-electron chi connectivity index (χ1n) is 5.58. The molecule has 0 radical (unpaired) electrons. The third-order valence-electron chi connectivity index (χ3n) is 2.22. The largest absolute Gasteiger partial charge is 0.456 e. The number of carbonyl (C=O) groups is 1. The summed E-state index contributed by atoms with van der Waals surface area (Å²) in [6.45, 7) is 2.09. The Balaban J connectivity index is 2.11. The molecule has 2 rings (SSSR count). The molecule has 0 aliphatic carbocycles. The first kappa shape index (κ1) is 11.9. The van der Waals surface area contributed by atoms with Crippen molar-refractivity contribution in [3.8, 4) is 17.5 Å². The molecule has 90 valence electrons. The molecule has 0 saturated carbocycles. The van der Waals surface area contributed by atoms with Gasteiger partial charge in [0.1, 0.15) is 0 Å². The molecular formula is C14H12N2O2. The van der Waals surface area contributed by atoms with Crippen LogP contribution in [0.4, 0.5) is 0 Å². The fourth-order valence-electron chi connectivity index (χ4n) is 1.41. The minimum atomic E-state index is -0.506. The number of esters is 1. The van der Waals surface area contributed by atoms with Crippen molar-refractivity contribution in [2.75, 3.05) is 6.61 Å². The van der Waals surface area contributed by atoms with E-state index in [1.807, 2.05) is 36.5 Å². The van der Waals surface area contributed by atoms with Gasteiger partial charge in [-0.25, -0.2) is 9.48 Å². The lowest BCUT2D eigenvalue weighted by molar-refractivity contribution is -0.136. The average molecular weight is 240 g/mol. The van der Waals surface area contributed by atoms with E-state index in [-0.39, 0.29) is 0 Å². The van der Waals surface area contributed by atoms with Crippen molar-refractivity contribution < 1.29 is 9.53 Å². The van der Waals surface area contributed by atoms with Crippen LogP contribution in [0.5, 0.6) is 0 Å². The van der Waals surface area contributed by atoms with Crippen molar-refractivity contribution in [2.45, 2.75) is 6.92 Å². The highest BCUT2D eigenvalue weighted by Gasteiger charge is 1.96. The van der Waals surface area contributed by atoms with Gasteiger partial charge in [0.05, 0.1) is 12.3 Å². The van der Waals surface area contributed by atoms with Crippen LogP contribution in [0.1, 0.15) is 12.5 Å². The molecule has 0 saturated heterocycles. The van der Waals surface area contributed by atoms with E-state index in [0.717, 1.165) is 11.3 Å². The molecule has 4 heteroatoms. The Morgan fingerprint density at radius 1 is 1.39 bits per heavy atom. The van der Waals surface area contributed by atoms with Crippen LogP contribution in [0, 0.1) is 11.8 Å². The molecule has 0 unspecified atom stereocenters. The molecule has 1 aromatic carbocycles. The second kappa shape index (κ2) is 5.69. The minimum Gasteiger partial charge on any atom is -0.456 e. The Morgan fingerprint density at radius 3 is 2.78 bits per heavy atom. The van der Waals surface area contributed by atoms with Crippen LogP contribution in [0.2, 0.25) is 0 Å². The molecule has 0 bridgehead atoms. The third kappa shape index (κ3) is 2.98. The van der Waals surface area contributed by atoms with Gasteiger partial charge in [0.2, 0.25) is 0 Å². The fraction of sp³-hybridized carbons (Fsp3) is 0.143. The van der Waals surface area contributed by atoms with Gasteiger partial charge in [0.25, 0.3) is 0 Å². The number of nitrogens with zero attached hydrogens (tertiary/aromatic N) is 2. The van der Waals surface area contributed by atoms with E-state index in [1.165, 1.54) is 0 Å². The van der Waals surface area contributed by atoms with Crippen LogP contribution in [-0.2, 0) is 9.53 Å². The Bertz CT molecular complexity index is 575. The number of carbonyl (C=O) groups excluding carboxylic acids is 1. The van der Waals surface area contributed by atoms with E-state index in [2.05, 4.69) is 16.9 Å². The van der Waals surface area contributed by atoms with Gasteiger partial charge in [-0.05, 0) is 37.3 Å². The van der Waals surface area contributed by atoms with Gasteiger partial charge in [0.15, 0.2) is 0 Å². The van der Waals surface area contributed by atoms with E-state index in [1.54, 1.807) is 17.8 Å². The SMILES string of the molecule is CCOC(=O)C#Cc1ccc(-n2cccn2)cc1. The Hall–Kier alpha value is -2.54. The maximum atomic E-state index is 11.1. The molecule has 2 aromatic rings. The van der Waals surface area contributed by atoms with Crippen LogP contribution in [0.3, 0.4) is 0 Å². The Labute approximate surface area is 105 Å². The first-order chi connectivity index (χ1) is 8.79. The van der Waals surface area contributed by atoms with Crippen molar-refractivity contribution >= 4 is 5.97 Å². The molecule has 0 spiro atoms. The maximum Gasteiger partial charge on any atom is 0.384 e. The van der Waals surface area contributed by atoms with E-state index < -0.39 is 5.97 Å². The number of hydrogen-bond donors (Lipinski definition) is 0. The minimum absolute atomic E-state index is 0.339. The standard InChI is InChI=1S/C14H12N2O2/c1-2-18-14(17)9-6-12-4-7-13(8-5-12)16-11-3-10-15-16/h3-5,7-8,10-11H,2H2,1H3. The van der Waals surface area contributed by atoms with Crippen LogP contribution in [0.25, 0.3) is 5.69 Å². The molecule has 0 aliphatic rings. The predicted octanol–water partition coefficient (Wildman–Crippen LogP) is 1.79. The quantitative estimate of drug-likeness (QED) is 0.593. The molecule has 0 fully saturated rings.